The summed E-state index contributed by atoms with van der Waals surface area (Å²) in [6.07, 6.45) is 0.799. The molecule has 15 heavy (non-hydrogen) atoms. The van der Waals surface area contributed by atoms with E-state index in [0.29, 0.717) is 0 Å². The number of carbonyl (C=O) groups is 1. The number of nitrogens with one attached hydrogen (secondary N) is 1. The van der Waals surface area contributed by atoms with Crippen LogP contribution < -0.4 is 5.32 Å². The van der Waals surface area contributed by atoms with Gasteiger partial charge in [-0.05, 0) is 11.6 Å². The minimum atomic E-state index is -0.0811. The van der Waals surface area contributed by atoms with Gasteiger partial charge in [-0.2, -0.15) is 0 Å². The van der Waals surface area contributed by atoms with Crippen molar-refractivity contribution in [3.63, 3.8) is 0 Å². The van der Waals surface area contributed by atoms with Crippen LogP contribution in [-0.4, -0.2) is 30.9 Å². The van der Waals surface area contributed by atoms with Gasteiger partial charge in [-0.25, -0.2) is 0 Å². The summed E-state index contributed by atoms with van der Waals surface area (Å²) in [5, 5.41) is 3.22. The van der Waals surface area contributed by atoms with Crippen molar-refractivity contribution in [1.82, 2.24) is 4.90 Å². The van der Waals surface area contributed by atoms with Gasteiger partial charge >= 0.3 is 0 Å². The molecule has 1 aliphatic rings. The smallest absolute Gasteiger partial charge is 0.244 e. The fourth-order valence-electron chi connectivity index (χ4n) is 1.76. The average molecular weight is 318 g/mol. The van der Waals surface area contributed by atoms with Gasteiger partial charge in [0.05, 0.1) is 0 Å². The topological polar surface area (TPSA) is 32.3 Å². The first-order valence-corrected chi connectivity index (χ1v) is 4.74. The Labute approximate surface area is 107 Å². The second kappa shape index (κ2) is 4.83. The molecule has 0 saturated heterocycles. The van der Waals surface area contributed by atoms with Crippen LogP contribution in [0.3, 0.4) is 0 Å². The third kappa shape index (κ3) is 2.42. The van der Waals surface area contributed by atoms with Gasteiger partial charge in [0.1, 0.15) is 6.04 Å². The summed E-state index contributed by atoms with van der Waals surface area (Å²) < 4.78 is 0. The van der Waals surface area contributed by atoms with Crippen LogP contribution in [0.2, 0.25) is 0 Å². The number of amides is 1. The van der Waals surface area contributed by atoms with Crippen molar-refractivity contribution in [2.45, 2.75) is 12.5 Å². The summed E-state index contributed by atoms with van der Waals surface area (Å²) in [7, 11) is 3.57. The number of nitrogens with zero attached hydrogens (tertiary/aromatic N) is 1. The van der Waals surface area contributed by atoms with Crippen molar-refractivity contribution in [3.05, 3.63) is 29.8 Å². The van der Waals surface area contributed by atoms with Crippen molar-refractivity contribution in [2.75, 3.05) is 19.4 Å². The van der Waals surface area contributed by atoms with Crippen LogP contribution in [-0.2, 0) is 11.2 Å². The van der Waals surface area contributed by atoms with E-state index in [-0.39, 0.29) is 35.9 Å². The maximum Gasteiger partial charge on any atom is 0.244 e. The van der Waals surface area contributed by atoms with Crippen LogP contribution in [0.15, 0.2) is 24.3 Å². The lowest BCUT2D eigenvalue weighted by molar-refractivity contribution is -0.129. The number of fused-ring (bicyclic) bond motifs is 1. The minimum Gasteiger partial charge on any atom is -0.373 e. The van der Waals surface area contributed by atoms with Crippen LogP contribution in [0.5, 0.6) is 0 Å². The summed E-state index contributed by atoms with van der Waals surface area (Å²) in [4.78, 5) is 13.3. The van der Waals surface area contributed by atoms with Crippen molar-refractivity contribution < 1.29 is 4.79 Å². The molecule has 4 heteroatoms. The molecule has 2 rings (SSSR count). The Balaban J connectivity index is 0.00000112. The van der Waals surface area contributed by atoms with Gasteiger partial charge in [-0.3, -0.25) is 4.79 Å². The first kappa shape index (κ1) is 12.3. The molecule has 82 valence electrons. The lowest BCUT2D eigenvalue weighted by Gasteiger charge is -2.16. The normalized spacial score (nSPS) is 17.3. The molecule has 0 aliphatic carbocycles. The van der Waals surface area contributed by atoms with Gasteiger partial charge in [0.2, 0.25) is 5.91 Å². The second-order valence-corrected chi connectivity index (χ2v) is 3.79. The number of benzene rings is 1. The van der Waals surface area contributed by atoms with Gasteiger partial charge in [-0.15, -0.1) is 24.0 Å². The Hall–Kier alpha value is -0.780. The lowest BCUT2D eigenvalue weighted by atomic mass is 10.1. The Morgan fingerprint density at radius 3 is 2.67 bits per heavy atom. The fourth-order valence-corrected chi connectivity index (χ4v) is 1.76. The van der Waals surface area contributed by atoms with E-state index in [0.717, 1.165) is 12.1 Å². The van der Waals surface area contributed by atoms with Crippen LogP contribution in [0, 0.1) is 0 Å². The Morgan fingerprint density at radius 2 is 2.07 bits per heavy atom. The molecule has 0 fully saturated rings. The van der Waals surface area contributed by atoms with Crippen LogP contribution >= 0.6 is 24.0 Å². The van der Waals surface area contributed by atoms with Gasteiger partial charge in [0.25, 0.3) is 0 Å². The molecule has 0 unspecified atom stereocenters. The fraction of sp³-hybridized carbons (Fsp3) is 0.364. The molecular formula is C11H15IN2O. The lowest BCUT2D eigenvalue weighted by Crippen LogP contribution is -2.37. The van der Waals surface area contributed by atoms with E-state index in [2.05, 4.69) is 11.4 Å². The van der Waals surface area contributed by atoms with E-state index in [1.807, 2.05) is 18.2 Å². The minimum absolute atomic E-state index is 0. The van der Waals surface area contributed by atoms with Crippen molar-refractivity contribution >= 4 is 35.6 Å². The van der Waals surface area contributed by atoms with Crippen molar-refractivity contribution in [2.24, 2.45) is 0 Å². The van der Waals surface area contributed by atoms with Gasteiger partial charge in [-0.1, -0.05) is 18.2 Å². The Kier molecular flexibility index (Phi) is 3.96. The van der Waals surface area contributed by atoms with Crippen LogP contribution in [0.1, 0.15) is 5.56 Å². The third-order valence-corrected chi connectivity index (χ3v) is 2.51. The monoisotopic (exact) mass is 318 g/mol. The highest BCUT2D eigenvalue weighted by atomic mass is 127. The molecule has 0 bridgehead atoms. The third-order valence-electron chi connectivity index (χ3n) is 2.51. The highest BCUT2D eigenvalue weighted by molar-refractivity contribution is 14.0. The highest BCUT2D eigenvalue weighted by Crippen LogP contribution is 2.25. The molecule has 0 spiro atoms. The van der Waals surface area contributed by atoms with Crippen LogP contribution in [0.4, 0.5) is 5.69 Å². The van der Waals surface area contributed by atoms with E-state index in [9.17, 15) is 4.79 Å². The standard InChI is InChI=1S/C11H14N2O.HI/c1-13(2)11(14)10-7-8-5-3-4-6-9(8)12-10;/h3-6,10,12H,7H2,1-2H3;1H/t10-;/m0./s1. The molecular weight excluding hydrogens is 303 g/mol. The first-order valence-electron chi connectivity index (χ1n) is 4.74. The number of anilines is 1. The van der Waals surface area contributed by atoms with E-state index in [1.165, 1.54) is 5.56 Å². The molecule has 1 aromatic carbocycles. The molecule has 3 nitrogen and oxygen atoms in total. The number of rotatable bonds is 1. The first-order chi connectivity index (χ1) is 6.68. The Morgan fingerprint density at radius 1 is 1.40 bits per heavy atom. The summed E-state index contributed by atoms with van der Waals surface area (Å²) in [6, 6.07) is 7.98. The predicted molar refractivity (Wildman–Crippen MR) is 71.7 cm³/mol. The summed E-state index contributed by atoms with van der Waals surface area (Å²) in [5.74, 6) is 0.140. The Bertz CT molecular complexity index is 340. The molecule has 1 N–H and O–H groups in total. The quantitative estimate of drug-likeness (QED) is 0.800. The predicted octanol–water partition coefficient (Wildman–Crippen LogP) is 1.73. The average Bonchev–Trinajstić information content (AvgIpc) is 2.59. The zero-order valence-electron chi connectivity index (χ0n) is 8.86. The summed E-state index contributed by atoms with van der Waals surface area (Å²) >= 11 is 0. The number of hydrogen-bond acceptors (Lipinski definition) is 2. The summed E-state index contributed by atoms with van der Waals surface area (Å²) in [6.45, 7) is 0. The van der Waals surface area contributed by atoms with E-state index >= 15 is 0 Å². The number of carbonyl (C=O) groups excluding carboxylic acids is 1. The molecule has 0 aromatic heterocycles. The summed E-state index contributed by atoms with van der Waals surface area (Å²) in [5.41, 5.74) is 2.32. The molecule has 1 atom stereocenters. The number of para-hydroxylation sites is 1. The molecule has 1 heterocycles. The van der Waals surface area contributed by atoms with E-state index in [1.54, 1.807) is 19.0 Å². The maximum absolute atomic E-state index is 11.7. The number of halogens is 1. The number of likely N-dealkylation sites (N-methyl/N-ethyl adjacent to an activating group) is 1. The van der Waals surface area contributed by atoms with E-state index < -0.39 is 0 Å². The van der Waals surface area contributed by atoms with Crippen molar-refractivity contribution in [3.8, 4) is 0 Å². The zero-order chi connectivity index (χ0) is 10.1. The largest absolute Gasteiger partial charge is 0.373 e. The van der Waals surface area contributed by atoms with Gasteiger partial charge in [0, 0.05) is 26.2 Å². The second-order valence-electron chi connectivity index (χ2n) is 3.79. The molecule has 0 radical (unpaired) electrons. The zero-order valence-corrected chi connectivity index (χ0v) is 11.2. The molecule has 0 saturated carbocycles. The SMILES string of the molecule is CN(C)C(=O)[C@@H]1Cc2ccccc2N1.I. The van der Waals surface area contributed by atoms with Crippen molar-refractivity contribution in [1.29, 1.82) is 0 Å². The maximum atomic E-state index is 11.7. The van der Waals surface area contributed by atoms with Crippen LogP contribution in [0.25, 0.3) is 0 Å². The van der Waals surface area contributed by atoms with E-state index in [4.69, 9.17) is 0 Å². The molecule has 1 aromatic rings. The molecule has 1 aliphatic heterocycles. The number of hydrogen-bond donors (Lipinski definition) is 1. The highest BCUT2D eigenvalue weighted by Gasteiger charge is 2.26. The van der Waals surface area contributed by atoms with Gasteiger partial charge < -0.3 is 10.2 Å². The van der Waals surface area contributed by atoms with Gasteiger partial charge in [0.15, 0.2) is 0 Å². The molecule has 1 amide bonds.